The van der Waals surface area contributed by atoms with Crippen LogP contribution in [0.2, 0.25) is 0 Å². The highest BCUT2D eigenvalue weighted by Crippen LogP contribution is 2.33. The van der Waals surface area contributed by atoms with Crippen LogP contribution in [0, 0.1) is 5.92 Å². The first-order chi connectivity index (χ1) is 12.9. The number of nitrogens with zero attached hydrogens (tertiary/aromatic N) is 2. The van der Waals surface area contributed by atoms with E-state index in [2.05, 4.69) is 10.3 Å². The molecule has 0 aliphatic carbocycles. The van der Waals surface area contributed by atoms with E-state index in [0.29, 0.717) is 6.42 Å². The molecule has 1 saturated heterocycles. The van der Waals surface area contributed by atoms with Gasteiger partial charge in [-0.1, -0.05) is 19.9 Å². The number of hydrogen-bond acceptors (Lipinski definition) is 4. The van der Waals surface area contributed by atoms with Crippen LogP contribution in [0.5, 0.6) is 0 Å². The van der Waals surface area contributed by atoms with E-state index in [1.807, 2.05) is 6.92 Å². The Morgan fingerprint density at radius 3 is 2.39 bits per heavy atom. The van der Waals surface area contributed by atoms with Crippen LogP contribution in [-0.2, 0) is 4.74 Å². The summed E-state index contributed by atoms with van der Waals surface area (Å²) in [6, 6.07) is -0.190. The number of methoxy groups -OCH3 is 1. The Bertz CT molecular complexity index is 612. The van der Waals surface area contributed by atoms with Gasteiger partial charge in [0.05, 0.1) is 13.7 Å². The van der Waals surface area contributed by atoms with Crippen molar-refractivity contribution in [2.75, 3.05) is 27.2 Å². The van der Waals surface area contributed by atoms with Gasteiger partial charge in [-0.15, -0.1) is 0 Å². The van der Waals surface area contributed by atoms with Crippen LogP contribution < -0.4 is 5.32 Å². The van der Waals surface area contributed by atoms with Crippen LogP contribution in [0.1, 0.15) is 40.5 Å². The molecule has 0 aromatic heterocycles. The first-order valence-electron chi connectivity index (χ1n) is 9.24. The van der Waals surface area contributed by atoms with Crippen LogP contribution >= 0.6 is 0 Å². The van der Waals surface area contributed by atoms with Crippen molar-refractivity contribution in [2.45, 2.75) is 58.7 Å². The van der Waals surface area contributed by atoms with Gasteiger partial charge in [-0.25, -0.2) is 8.78 Å². The van der Waals surface area contributed by atoms with Crippen molar-refractivity contribution in [1.82, 2.24) is 10.2 Å². The minimum Gasteiger partial charge on any atom is -0.481 e. The maximum absolute atomic E-state index is 13.7. The van der Waals surface area contributed by atoms with Gasteiger partial charge in [-0.3, -0.25) is 4.90 Å². The molecule has 1 N–H and O–H groups in total. The van der Waals surface area contributed by atoms with Gasteiger partial charge in [-0.2, -0.15) is 18.2 Å². The van der Waals surface area contributed by atoms with Crippen molar-refractivity contribution in [3.63, 3.8) is 0 Å². The lowest BCUT2D eigenvalue weighted by Crippen LogP contribution is -2.54. The number of ether oxygens (including phenoxy) is 1. The maximum Gasteiger partial charge on any atom is 0.421 e. The zero-order valence-electron chi connectivity index (χ0n) is 17.3. The average Bonchev–Trinajstić information content (AvgIpc) is 2.56. The third-order valence-electron chi connectivity index (χ3n) is 4.97. The number of alkyl halides is 5. The van der Waals surface area contributed by atoms with E-state index >= 15 is 0 Å². The van der Waals surface area contributed by atoms with E-state index in [1.165, 1.54) is 6.92 Å². The van der Waals surface area contributed by atoms with E-state index in [9.17, 15) is 22.0 Å². The van der Waals surface area contributed by atoms with Crippen LogP contribution in [-0.4, -0.2) is 56.2 Å². The lowest BCUT2D eigenvalue weighted by Gasteiger charge is -2.41. The van der Waals surface area contributed by atoms with Crippen LogP contribution in [0.3, 0.4) is 0 Å². The molecule has 0 bridgehead atoms. The summed E-state index contributed by atoms with van der Waals surface area (Å²) in [7, 11) is 2.75. The summed E-state index contributed by atoms with van der Waals surface area (Å²) < 4.78 is 71.9. The number of nitrogens with one attached hydrogen (secondary N) is 1. The standard InChI is InChI=1S/C19H30F5N3O/c1-7-12(3)16(26-17(28-6)14(8-2)19(22,23)24)25-10-15-13(4)9-18(20,21)11-27(15)5/h8,13,15,25H,7,9-11H2,1-6H3/b14-8+,16-12-,26-17+. The fourth-order valence-electron chi connectivity index (χ4n) is 3.33. The van der Waals surface area contributed by atoms with Gasteiger partial charge in [0, 0.05) is 19.0 Å². The van der Waals surface area contributed by atoms with Crippen molar-refractivity contribution in [3.8, 4) is 0 Å². The number of allylic oxidation sites excluding steroid dienone is 2. The first-order valence-corrected chi connectivity index (χ1v) is 9.24. The van der Waals surface area contributed by atoms with E-state index in [4.69, 9.17) is 4.74 Å². The Kier molecular flexibility index (Phi) is 8.46. The number of likely N-dealkylation sites (N-methyl/N-ethyl adjacent to an activating group) is 1. The number of likely N-dealkylation sites (tertiary alicyclic amines) is 1. The highest BCUT2D eigenvalue weighted by molar-refractivity contribution is 5.95. The molecule has 0 amide bonds. The zero-order valence-corrected chi connectivity index (χ0v) is 17.3. The molecule has 0 aromatic carbocycles. The molecular weight excluding hydrogens is 381 g/mol. The number of aliphatic imine (C=N–C) groups is 1. The summed E-state index contributed by atoms with van der Waals surface area (Å²) in [5, 5.41) is 3.05. The topological polar surface area (TPSA) is 36.9 Å². The summed E-state index contributed by atoms with van der Waals surface area (Å²) in [6.07, 6.45) is -3.36. The molecular formula is C19H30F5N3O. The predicted octanol–water partition coefficient (Wildman–Crippen LogP) is 4.75. The molecule has 1 fully saturated rings. The first kappa shape index (κ1) is 24.4. The third-order valence-corrected chi connectivity index (χ3v) is 4.97. The van der Waals surface area contributed by atoms with Crippen LogP contribution in [0.15, 0.2) is 28.0 Å². The number of hydrogen-bond donors (Lipinski definition) is 1. The molecule has 0 spiro atoms. The second-order valence-electron chi connectivity index (χ2n) is 7.20. The van der Waals surface area contributed by atoms with Gasteiger partial charge in [0.2, 0.25) is 5.90 Å². The molecule has 1 rings (SSSR count). The third kappa shape index (κ3) is 6.46. The van der Waals surface area contributed by atoms with Crippen LogP contribution in [0.4, 0.5) is 22.0 Å². The molecule has 162 valence electrons. The molecule has 0 aromatic rings. The van der Waals surface area contributed by atoms with Gasteiger partial charge in [-0.05, 0) is 38.8 Å². The predicted molar refractivity (Wildman–Crippen MR) is 100 cm³/mol. The van der Waals surface area contributed by atoms with Crippen molar-refractivity contribution >= 4 is 5.90 Å². The van der Waals surface area contributed by atoms with Gasteiger partial charge in [0.25, 0.3) is 5.92 Å². The quantitative estimate of drug-likeness (QED) is 0.389. The number of piperidine rings is 1. The summed E-state index contributed by atoms with van der Waals surface area (Å²) in [5.41, 5.74) is -0.232. The van der Waals surface area contributed by atoms with Gasteiger partial charge < -0.3 is 10.1 Å². The van der Waals surface area contributed by atoms with E-state index in [-0.39, 0.29) is 37.3 Å². The van der Waals surface area contributed by atoms with Gasteiger partial charge in [0.1, 0.15) is 11.4 Å². The summed E-state index contributed by atoms with van der Waals surface area (Å²) >= 11 is 0. The summed E-state index contributed by atoms with van der Waals surface area (Å²) in [4.78, 5) is 5.65. The fraction of sp³-hybridized carbons (Fsp3) is 0.737. The Hall–Kier alpha value is -1.64. The molecule has 1 aliphatic heterocycles. The van der Waals surface area contributed by atoms with Crippen molar-refractivity contribution in [3.05, 3.63) is 23.0 Å². The Morgan fingerprint density at radius 2 is 1.96 bits per heavy atom. The van der Waals surface area contributed by atoms with Gasteiger partial charge >= 0.3 is 6.18 Å². The molecule has 9 heteroatoms. The highest BCUT2D eigenvalue weighted by atomic mass is 19.4. The van der Waals surface area contributed by atoms with E-state index in [1.54, 1.807) is 25.8 Å². The van der Waals surface area contributed by atoms with Crippen molar-refractivity contribution in [2.24, 2.45) is 10.9 Å². The monoisotopic (exact) mass is 411 g/mol. The zero-order chi connectivity index (χ0) is 21.7. The molecule has 2 unspecified atom stereocenters. The van der Waals surface area contributed by atoms with Gasteiger partial charge in [0.15, 0.2) is 0 Å². The Labute approximate surface area is 163 Å². The summed E-state index contributed by atoms with van der Waals surface area (Å²) in [5.74, 6) is -3.29. The second kappa shape index (κ2) is 9.71. The molecule has 1 heterocycles. The smallest absolute Gasteiger partial charge is 0.421 e. The maximum atomic E-state index is 13.7. The highest BCUT2D eigenvalue weighted by Gasteiger charge is 2.42. The normalized spacial score (nSPS) is 25.4. The largest absolute Gasteiger partial charge is 0.481 e. The van der Waals surface area contributed by atoms with Crippen molar-refractivity contribution < 1.29 is 26.7 Å². The molecule has 1 aliphatic rings. The molecule has 4 nitrogen and oxygen atoms in total. The average molecular weight is 411 g/mol. The molecule has 28 heavy (non-hydrogen) atoms. The molecule has 0 saturated carbocycles. The minimum absolute atomic E-state index is 0.190. The minimum atomic E-state index is -4.60. The lowest BCUT2D eigenvalue weighted by molar-refractivity contribution is -0.0950. The number of rotatable bonds is 6. The number of halogens is 5. The van der Waals surface area contributed by atoms with Crippen LogP contribution in [0.25, 0.3) is 0 Å². The summed E-state index contributed by atoms with van der Waals surface area (Å²) in [6.45, 7) is 6.56. The van der Waals surface area contributed by atoms with Crippen molar-refractivity contribution in [1.29, 1.82) is 0 Å². The van der Waals surface area contributed by atoms with E-state index < -0.39 is 23.6 Å². The fourth-order valence-corrected chi connectivity index (χ4v) is 3.33. The SMILES string of the molecule is C\C=C(/C(=N\C(NCC1C(C)CC(F)(F)CN1C)=C(\C)CC)OC)C(F)(F)F. The molecule has 0 radical (unpaired) electrons. The Morgan fingerprint density at radius 1 is 1.36 bits per heavy atom. The molecule has 2 atom stereocenters. The second-order valence-corrected chi connectivity index (χ2v) is 7.20. The lowest BCUT2D eigenvalue weighted by atomic mass is 9.89. The van der Waals surface area contributed by atoms with E-state index in [0.717, 1.165) is 18.8 Å². The Balaban J connectivity index is 3.08.